The van der Waals surface area contributed by atoms with Crippen molar-refractivity contribution in [2.75, 3.05) is 12.9 Å². The van der Waals surface area contributed by atoms with Gasteiger partial charge in [-0.15, -0.1) is 0 Å². The standard InChI is InChI=1S/C24H29NO6S/c1-4-21(25-30-5-2)24-22(26)13-17(14-23(24)27)16-8-6-9-18(12-16)31-19-10-7-11-20(15-19)32(3,28)29/h6-12,15,17,22,24,26H,4-5,13-14H2,1-3H3/b25-21+. The van der Waals surface area contributed by atoms with Gasteiger partial charge in [-0.05, 0) is 61.6 Å². The van der Waals surface area contributed by atoms with E-state index in [1.54, 1.807) is 18.2 Å². The smallest absolute Gasteiger partial charge is 0.175 e. The maximum Gasteiger partial charge on any atom is 0.175 e. The number of hydrogen-bond acceptors (Lipinski definition) is 7. The van der Waals surface area contributed by atoms with E-state index in [2.05, 4.69) is 5.16 Å². The van der Waals surface area contributed by atoms with Gasteiger partial charge in [0.2, 0.25) is 0 Å². The molecular weight excluding hydrogens is 430 g/mol. The van der Waals surface area contributed by atoms with E-state index in [0.29, 0.717) is 43.1 Å². The van der Waals surface area contributed by atoms with E-state index in [9.17, 15) is 18.3 Å². The molecule has 1 saturated carbocycles. The van der Waals surface area contributed by atoms with Crippen molar-refractivity contribution in [2.45, 2.75) is 50.0 Å². The molecule has 0 aliphatic heterocycles. The predicted molar refractivity (Wildman–Crippen MR) is 122 cm³/mol. The monoisotopic (exact) mass is 459 g/mol. The number of benzene rings is 2. The molecule has 7 nitrogen and oxygen atoms in total. The second-order valence-electron chi connectivity index (χ2n) is 7.92. The highest BCUT2D eigenvalue weighted by atomic mass is 32.2. The second-order valence-corrected chi connectivity index (χ2v) is 9.94. The number of aliphatic hydroxyl groups excluding tert-OH is 1. The Labute approximate surface area is 189 Å². The van der Waals surface area contributed by atoms with Crippen LogP contribution in [0.3, 0.4) is 0 Å². The molecule has 32 heavy (non-hydrogen) atoms. The number of hydrogen-bond donors (Lipinski definition) is 1. The van der Waals surface area contributed by atoms with Crippen LogP contribution in [0.1, 0.15) is 44.6 Å². The first-order chi connectivity index (χ1) is 15.2. The number of Topliss-reactive ketones (excluding diaryl/α,β-unsaturated/α-hetero) is 1. The van der Waals surface area contributed by atoms with Crippen LogP contribution < -0.4 is 4.74 Å². The average molecular weight is 460 g/mol. The summed E-state index contributed by atoms with van der Waals surface area (Å²) in [5.41, 5.74) is 1.46. The Morgan fingerprint density at radius 1 is 1.12 bits per heavy atom. The number of nitrogens with zero attached hydrogens (tertiary/aromatic N) is 1. The Morgan fingerprint density at radius 3 is 2.44 bits per heavy atom. The normalized spacial score (nSPS) is 21.9. The number of aliphatic hydroxyl groups is 1. The van der Waals surface area contributed by atoms with E-state index < -0.39 is 21.9 Å². The summed E-state index contributed by atoms with van der Waals surface area (Å²) in [5.74, 6) is 0.0982. The third kappa shape index (κ3) is 5.75. The summed E-state index contributed by atoms with van der Waals surface area (Å²) in [7, 11) is -3.34. The summed E-state index contributed by atoms with van der Waals surface area (Å²) in [5, 5.41) is 14.8. The Balaban J connectivity index is 1.77. The Morgan fingerprint density at radius 2 is 1.81 bits per heavy atom. The van der Waals surface area contributed by atoms with Crippen LogP contribution in [0.2, 0.25) is 0 Å². The summed E-state index contributed by atoms with van der Waals surface area (Å²) >= 11 is 0. The summed E-state index contributed by atoms with van der Waals surface area (Å²) in [6.07, 6.45) is 1.56. The molecule has 3 unspecified atom stereocenters. The third-order valence-corrected chi connectivity index (χ3v) is 6.65. The van der Waals surface area contributed by atoms with E-state index in [-0.39, 0.29) is 16.6 Å². The molecule has 0 bridgehead atoms. The van der Waals surface area contributed by atoms with Gasteiger partial charge in [0, 0.05) is 12.7 Å². The molecule has 172 valence electrons. The molecule has 1 N–H and O–H groups in total. The number of oxime groups is 1. The molecular formula is C24H29NO6S. The van der Waals surface area contributed by atoms with Crippen LogP contribution in [-0.2, 0) is 19.5 Å². The Bertz CT molecular complexity index is 1100. The second kappa shape index (κ2) is 10.3. The van der Waals surface area contributed by atoms with E-state index in [1.807, 2.05) is 32.0 Å². The molecule has 0 radical (unpaired) electrons. The van der Waals surface area contributed by atoms with Gasteiger partial charge < -0.3 is 14.7 Å². The zero-order valence-electron chi connectivity index (χ0n) is 18.5. The summed E-state index contributed by atoms with van der Waals surface area (Å²) in [6, 6.07) is 13.6. The van der Waals surface area contributed by atoms with Crippen LogP contribution in [0.4, 0.5) is 0 Å². The number of carbonyl (C=O) groups is 1. The van der Waals surface area contributed by atoms with E-state index in [0.717, 1.165) is 11.8 Å². The zero-order chi connectivity index (χ0) is 23.3. The van der Waals surface area contributed by atoms with Crippen molar-refractivity contribution in [3.05, 3.63) is 54.1 Å². The zero-order valence-corrected chi connectivity index (χ0v) is 19.3. The molecule has 0 spiro atoms. The molecule has 2 aromatic carbocycles. The average Bonchev–Trinajstić information content (AvgIpc) is 2.75. The minimum absolute atomic E-state index is 0.0544. The molecule has 3 rings (SSSR count). The van der Waals surface area contributed by atoms with Crippen LogP contribution in [-0.4, -0.2) is 44.0 Å². The number of ketones is 1. The minimum Gasteiger partial charge on any atom is -0.457 e. The van der Waals surface area contributed by atoms with E-state index in [1.165, 1.54) is 12.1 Å². The quantitative estimate of drug-likeness (QED) is 0.471. The highest BCUT2D eigenvalue weighted by molar-refractivity contribution is 7.90. The first-order valence-corrected chi connectivity index (χ1v) is 12.6. The van der Waals surface area contributed by atoms with Gasteiger partial charge in [0.05, 0.1) is 22.6 Å². The van der Waals surface area contributed by atoms with Crippen molar-refractivity contribution in [1.29, 1.82) is 0 Å². The lowest BCUT2D eigenvalue weighted by atomic mass is 9.74. The fourth-order valence-electron chi connectivity index (χ4n) is 3.98. The highest BCUT2D eigenvalue weighted by Crippen LogP contribution is 2.37. The van der Waals surface area contributed by atoms with Crippen LogP contribution >= 0.6 is 0 Å². The SMILES string of the molecule is CCO/N=C(\CC)C1C(=O)CC(c2cccc(Oc3cccc(S(C)(=O)=O)c3)c2)CC1O. The van der Waals surface area contributed by atoms with Crippen molar-refractivity contribution in [2.24, 2.45) is 11.1 Å². The highest BCUT2D eigenvalue weighted by Gasteiger charge is 2.39. The van der Waals surface area contributed by atoms with Crippen LogP contribution in [0.5, 0.6) is 11.5 Å². The predicted octanol–water partition coefficient (Wildman–Crippen LogP) is 4.11. The summed E-state index contributed by atoms with van der Waals surface area (Å²) in [4.78, 5) is 18.2. The van der Waals surface area contributed by atoms with Gasteiger partial charge in [-0.2, -0.15) is 0 Å². The molecule has 8 heteroatoms. The molecule has 3 atom stereocenters. The van der Waals surface area contributed by atoms with Gasteiger partial charge in [0.1, 0.15) is 23.9 Å². The molecule has 0 aromatic heterocycles. The van der Waals surface area contributed by atoms with Crippen molar-refractivity contribution >= 4 is 21.3 Å². The molecule has 2 aromatic rings. The van der Waals surface area contributed by atoms with Crippen molar-refractivity contribution < 1.29 is 27.9 Å². The fourth-order valence-corrected chi connectivity index (χ4v) is 4.64. The van der Waals surface area contributed by atoms with E-state index in [4.69, 9.17) is 9.57 Å². The van der Waals surface area contributed by atoms with Gasteiger partial charge in [-0.3, -0.25) is 4.79 Å². The maximum atomic E-state index is 12.9. The maximum absolute atomic E-state index is 12.9. The molecule has 1 aliphatic rings. The Kier molecular flexibility index (Phi) is 7.69. The van der Waals surface area contributed by atoms with Gasteiger partial charge in [0.25, 0.3) is 0 Å². The summed E-state index contributed by atoms with van der Waals surface area (Å²) in [6.45, 7) is 4.12. The molecule has 0 heterocycles. The van der Waals surface area contributed by atoms with E-state index >= 15 is 0 Å². The molecule has 0 amide bonds. The first-order valence-electron chi connectivity index (χ1n) is 10.7. The number of sulfone groups is 1. The van der Waals surface area contributed by atoms with Crippen molar-refractivity contribution in [3.63, 3.8) is 0 Å². The largest absolute Gasteiger partial charge is 0.457 e. The van der Waals surface area contributed by atoms with Gasteiger partial charge in [0.15, 0.2) is 9.84 Å². The third-order valence-electron chi connectivity index (χ3n) is 5.54. The number of carbonyl (C=O) groups excluding carboxylic acids is 1. The summed E-state index contributed by atoms with van der Waals surface area (Å²) < 4.78 is 29.4. The fraction of sp³-hybridized carbons (Fsp3) is 0.417. The lowest BCUT2D eigenvalue weighted by Gasteiger charge is -2.32. The number of ether oxygens (including phenoxy) is 1. The molecule has 0 saturated heterocycles. The first kappa shape index (κ1) is 23.9. The Hall–Kier alpha value is -2.71. The minimum atomic E-state index is -3.34. The van der Waals surface area contributed by atoms with Crippen LogP contribution in [0.25, 0.3) is 0 Å². The lowest BCUT2D eigenvalue weighted by molar-refractivity contribution is -0.126. The van der Waals surface area contributed by atoms with Crippen LogP contribution in [0.15, 0.2) is 58.6 Å². The van der Waals surface area contributed by atoms with Crippen LogP contribution in [0, 0.1) is 5.92 Å². The van der Waals surface area contributed by atoms with Crippen molar-refractivity contribution in [3.8, 4) is 11.5 Å². The number of rotatable bonds is 8. The molecule has 1 aliphatic carbocycles. The van der Waals surface area contributed by atoms with Gasteiger partial charge in [-0.1, -0.05) is 30.3 Å². The van der Waals surface area contributed by atoms with Gasteiger partial charge >= 0.3 is 0 Å². The van der Waals surface area contributed by atoms with Gasteiger partial charge in [-0.25, -0.2) is 8.42 Å². The lowest BCUT2D eigenvalue weighted by Crippen LogP contribution is -2.41. The topological polar surface area (TPSA) is 102 Å². The molecule has 1 fully saturated rings. The van der Waals surface area contributed by atoms with Crippen molar-refractivity contribution in [1.82, 2.24) is 0 Å².